The molecule has 0 aliphatic heterocycles. The number of alkyl carbamates (subject to hydrolysis) is 1. The first kappa shape index (κ1) is 39.2. The van der Waals surface area contributed by atoms with Crippen molar-refractivity contribution < 1.29 is 29.0 Å². The van der Waals surface area contributed by atoms with Gasteiger partial charge in [0, 0.05) is 13.1 Å². The molecule has 0 saturated carbocycles. The van der Waals surface area contributed by atoms with Crippen LogP contribution in [-0.2, 0) is 9.47 Å². The van der Waals surface area contributed by atoms with Gasteiger partial charge in [-0.05, 0) is 25.7 Å². The zero-order valence-corrected chi connectivity index (χ0v) is 25.9. The number of carbonyl (C=O) groups excluding carboxylic acids is 2. The van der Waals surface area contributed by atoms with Gasteiger partial charge in [0.2, 0.25) is 0 Å². The van der Waals surface area contributed by atoms with Crippen LogP contribution in [0.5, 0.6) is 0 Å². The van der Waals surface area contributed by atoms with Crippen LogP contribution >= 0.6 is 0 Å². The van der Waals surface area contributed by atoms with Gasteiger partial charge < -0.3 is 19.9 Å². The van der Waals surface area contributed by atoms with Crippen LogP contribution in [0.4, 0.5) is 14.4 Å². The zero-order chi connectivity index (χ0) is 29.4. The average molecular weight is 559 g/mol. The third-order valence-electron chi connectivity index (χ3n) is 6.44. The standard InChI is InChI=1S/C16H31NO4.C15H31NO2/c1-3-5-7-9-10-12-14-21-16(20)17(15(18)19)13-11-8-6-4-2;1-3-5-7-9-10-12-14-18-15(17)16-13-11-8-6-4-2/h3-14H2,1-2H3,(H,18,19);3-14H2,1-2H3,(H,16,17). The normalized spacial score (nSPS) is 10.4. The lowest BCUT2D eigenvalue weighted by Gasteiger charge is -2.16. The van der Waals surface area contributed by atoms with E-state index in [1.54, 1.807) is 0 Å². The third-order valence-corrected chi connectivity index (χ3v) is 6.44. The minimum absolute atomic E-state index is 0.227. The molecule has 0 bridgehead atoms. The molecule has 0 aliphatic carbocycles. The van der Waals surface area contributed by atoms with E-state index in [-0.39, 0.29) is 12.6 Å². The fraction of sp³-hybridized carbons (Fsp3) is 0.903. The lowest BCUT2D eigenvalue weighted by atomic mass is 10.1. The summed E-state index contributed by atoms with van der Waals surface area (Å²) in [4.78, 5) is 34.8. The number of amides is 3. The Bertz CT molecular complexity index is 559. The van der Waals surface area contributed by atoms with Gasteiger partial charge in [-0.1, -0.05) is 130 Å². The molecule has 0 aromatic rings. The molecule has 3 amide bonds. The molecule has 2 N–H and O–H groups in total. The number of carbonyl (C=O) groups is 3. The Labute approximate surface area is 240 Å². The van der Waals surface area contributed by atoms with Gasteiger partial charge in [-0.15, -0.1) is 0 Å². The lowest BCUT2D eigenvalue weighted by molar-refractivity contribution is 0.0924. The van der Waals surface area contributed by atoms with Crippen molar-refractivity contribution in [2.45, 2.75) is 156 Å². The molecule has 0 heterocycles. The number of nitrogens with zero attached hydrogens (tertiary/aromatic N) is 1. The molecule has 0 aliphatic rings. The number of nitrogens with one attached hydrogen (secondary N) is 1. The SMILES string of the molecule is CCCCCCCCOC(=O)N(CCCCCC)C(=O)O.CCCCCCCCOC(=O)NCCCCCC. The summed E-state index contributed by atoms with van der Waals surface area (Å²) in [5.41, 5.74) is 0. The first-order chi connectivity index (χ1) is 18.9. The number of hydrogen-bond acceptors (Lipinski definition) is 5. The van der Waals surface area contributed by atoms with Crippen LogP contribution in [0.3, 0.4) is 0 Å². The highest BCUT2D eigenvalue weighted by Crippen LogP contribution is 2.08. The Morgan fingerprint density at radius 3 is 1.46 bits per heavy atom. The number of carboxylic acid groups (broad SMARTS) is 1. The number of imide groups is 1. The second kappa shape index (κ2) is 32.2. The molecule has 8 heteroatoms. The van der Waals surface area contributed by atoms with E-state index in [0.717, 1.165) is 62.8 Å². The maximum Gasteiger partial charge on any atom is 0.419 e. The summed E-state index contributed by atoms with van der Waals surface area (Å²) >= 11 is 0. The van der Waals surface area contributed by atoms with Gasteiger partial charge in [-0.25, -0.2) is 19.3 Å². The van der Waals surface area contributed by atoms with E-state index in [1.807, 2.05) is 0 Å². The van der Waals surface area contributed by atoms with E-state index in [4.69, 9.17) is 14.6 Å². The van der Waals surface area contributed by atoms with Gasteiger partial charge in [-0.2, -0.15) is 0 Å². The van der Waals surface area contributed by atoms with E-state index in [1.165, 1.54) is 70.6 Å². The summed E-state index contributed by atoms with van der Waals surface area (Å²) in [5, 5.41) is 11.8. The van der Waals surface area contributed by atoms with Crippen LogP contribution in [0, 0.1) is 0 Å². The topological polar surface area (TPSA) is 105 Å². The van der Waals surface area contributed by atoms with Gasteiger partial charge in [0.1, 0.15) is 0 Å². The molecule has 0 saturated heterocycles. The van der Waals surface area contributed by atoms with Crippen LogP contribution in [0.15, 0.2) is 0 Å². The molecular weight excluding hydrogens is 496 g/mol. The number of ether oxygens (including phenoxy) is 2. The number of rotatable bonds is 24. The van der Waals surface area contributed by atoms with Crippen molar-refractivity contribution in [1.29, 1.82) is 0 Å². The zero-order valence-electron chi connectivity index (χ0n) is 25.9. The predicted octanol–water partition coefficient (Wildman–Crippen LogP) is 9.70. The third kappa shape index (κ3) is 30.4. The number of unbranched alkanes of at least 4 members (excludes halogenated alkanes) is 16. The Morgan fingerprint density at radius 1 is 0.564 bits per heavy atom. The second-order valence-electron chi connectivity index (χ2n) is 10.3. The van der Waals surface area contributed by atoms with E-state index >= 15 is 0 Å². The maximum atomic E-state index is 11.7. The van der Waals surface area contributed by atoms with Gasteiger partial charge in [-0.3, -0.25) is 0 Å². The van der Waals surface area contributed by atoms with Crippen LogP contribution in [0.2, 0.25) is 0 Å². The van der Waals surface area contributed by atoms with Crippen LogP contribution in [0.25, 0.3) is 0 Å². The van der Waals surface area contributed by atoms with E-state index in [0.29, 0.717) is 19.6 Å². The van der Waals surface area contributed by atoms with E-state index in [2.05, 4.69) is 33.0 Å². The van der Waals surface area contributed by atoms with Crippen molar-refractivity contribution in [1.82, 2.24) is 10.2 Å². The smallest absolute Gasteiger partial charge is 0.419 e. The van der Waals surface area contributed by atoms with Crippen molar-refractivity contribution in [2.24, 2.45) is 0 Å². The summed E-state index contributed by atoms with van der Waals surface area (Å²) in [6.45, 7) is 10.5. The van der Waals surface area contributed by atoms with Crippen LogP contribution in [-0.4, -0.2) is 54.6 Å². The monoisotopic (exact) mass is 558 g/mol. The molecule has 39 heavy (non-hydrogen) atoms. The molecule has 0 aromatic carbocycles. The Kier molecular flexibility index (Phi) is 32.4. The molecule has 0 unspecified atom stereocenters. The van der Waals surface area contributed by atoms with Crippen molar-refractivity contribution in [3.8, 4) is 0 Å². The predicted molar refractivity (Wildman–Crippen MR) is 160 cm³/mol. The summed E-state index contributed by atoms with van der Waals surface area (Å²) < 4.78 is 10.1. The highest BCUT2D eigenvalue weighted by Gasteiger charge is 2.21. The molecule has 0 fully saturated rings. The fourth-order valence-electron chi connectivity index (χ4n) is 3.92. The Morgan fingerprint density at radius 2 is 0.974 bits per heavy atom. The molecule has 8 nitrogen and oxygen atoms in total. The molecule has 0 rings (SSSR count). The minimum atomic E-state index is -1.22. The highest BCUT2D eigenvalue weighted by molar-refractivity contribution is 5.86. The molecule has 0 aromatic heterocycles. The minimum Gasteiger partial charge on any atom is -0.465 e. The second-order valence-corrected chi connectivity index (χ2v) is 10.3. The fourth-order valence-corrected chi connectivity index (χ4v) is 3.92. The summed E-state index contributed by atoms with van der Waals surface area (Å²) in [6.07, 6.45) is 20.2. The highest BCUT2D eigenvalue weighted by atomic mass is 16.6. The largest absolute Gasteiger partial charge is 0.465 e. The summed E-state index contributed by atoms with van der Waals surface area (Å²) in [5.74, 6) is 0. The van der Waals surface area contributed by atoms with Crippen molar-refractivity contribution >= 4 is 18.3 Å². The van der Waals surface area contributed by atoms with Gasteiger partial charge in [0.05, 0.1) is 13.2 Å². The summed E-state index contributed by atoms with van der Waals surface area (Å²) in [7, 11) is 0. The van der Waals surface area contributed by atoms with Gasteiger partial charge >= 0.3 is 18.3 Å². The Hall–Kier alpha value is -1.99. The molecule has 232 valence electrons. The molecule has 0 radical (unpaired) electrons. The first-order valence-corrected chi connectivity index (χ1v) is 16.0. The lowest BCUT2D eigenvalue weighted by Crippen LogP contribution is -2.37. The van der Waals surface area contributed by atoms with Crippen molar-refractivity contribution in [2.75, 3.05) is 26.3 Å². The Balaban J connectivity index is 0. The van der Waals surface area contributed by atoms with E-state index < -0.39 is 12.2 Å². The first-order valence-electron chi connectivity index (χ1n) is 16.0. The quantitative estimate of drug-likeness (QED) is 0.114. The number of hydrogen-bond donors (Lipinski definition) is 2. The van der Waals surface area contributed by atoms with Gasteiger partial charge in [0.25, 0.3) is 0 Å². The van der Waals surface area contributed by atoms with E-state index in [9.17, 15) is 14.4 Å². The molecular formula is C31H62N2O6. The van der Waals surface area contributed by atoms with Gasteiger partial charge in [0.15, 0.2) is 0 Å². The van der Waals surface area contributed by atoms with Crippen LogP contribution in [0.1, 0.15) is 156 Å². The van der Waals surface area contributed by atoms with Crippen molar-refractivity contribution in [3.05, 3.63) is 0 Å². The maximum absolute atomic E-state index is 11.7. The van der Waals surface area contributed by atoms with Crippen LogP contribution < -0.4 is 5.32 Å². The molecule has 0 atom stereocenters. The van der Waals surface area contributed by atoms with Crippen molar-refractivity contribution in [3.63, 3.8) is 0 Å². The summed E-state index contributed by atoms with van der Waals surface area (Å²) in [6, 6.07) is 0. The average Bonchev–Trinajstić information content (AvgIpc) is 2.92. The molecule has 0 spiro atoms.